The zero-order valence-corrected chi connectivity index (χ0v) is 20.1. The highest BCUT2D eigenvalue weighted by atomic mass is 32.2. The van der Waals surface area contributed by atoms with Gasteiger partial charge in [-0.1, -0.05) is 25.3 Å². The highest BCUT2D eigenvalue weighted by Crippen LogP contribution is 2.35. The van der Waals surface area contributed by atoms with Crippen molar-refractivity contribution in [1.29, 1.82) is 0 Å². The molecular formula is C25H26N6O3S. The van der Waals surface area contributed by atoms with Gasteiger partial charge in [-0.3, -0.25) is 9.71 Å². The maximum absolute atomic E-state index is 12.9. The van der Waals surface area contributed by atoms with E-state index >= 15 is 0 Å². The maximum Gasteiger partial charge on any atom is 0.263 e. The lowest BCUT2D eigenvalue weighted by molar-refractivity contribution is 0.398. The normalized spacial score (nSPS) is 14.5. The molecule has 35 heavy (non-hydrogen) atoms. The zero-order chi connectivity index (χ0) is 24.3. The summed E-state index contributed by atoms with van der Waals surface area (Å²) in [6.07, 6.45) is 10.3. The molecular weight excluding hydrogens is 464 g/mol. The number of hydrogen-bond donors (Lipinski definition) is 2. The molecule has 1 saturated carbocycles. The molecule has 0 amide bonds. The highest BCUT2D eigenvalue weighted by Gasteiger charge is 2.20. The van der Waals surface area contributed by atoms with Crippen molar-refractivity contribution in [3.63, 3.8) is 0 Å². The number of fused-ring (bicyclic) bond motifs is 1. The van der Waals surface area contributed by atoms with Crippen LogP contribution in [0.2, 0.25) is 0 Å². The molecule has 10 heteroatoms. The second-order valence-corrected chi connectivity index (χ2v) is 10.2. The van der Waals surface area contributed by atoms with Crippen molar-refractivity contribution in [2.45, 2.75) is 43.0 Å². The predicted octanol–water partition coefficient (Wildman–Crippen LogP) is 4.64. The van der Waals surface area contributed by atoms with Crippen LogP contribution in [0, 0.1) is 0 Å². The van der Waals surface area contributed by atoms with E-state index in [1.807, 2.05) is 12.1 Å². The molecule has 3 heterocycles. The van der Waals surface area contributed by atoms with Crippen LogP contribution < -0.4 is 14.8 Å². The number of nitrogens with zero attached hydrogens (tertiary/aromatic N) is 4. The van der Waals surface area contributed by atoms with E-state index in [4.69, 9.17) is 4.74 Å². The monoisotopic (exact) mass is 490 g/mol. The lowest BCUT2D eigenvalue weighted by Gasteiger charge is -2.24. The van der Waals surface area contributed by atoms with Gasteiger partial charge < -0.3 is 10.1 Å². The van der Waals surface area contributed by atoms with Crippen LogP contribution in [-0.4, -0.2) is 41.5 Å². The first-order valence-corrected chi connectivity index (χ1v) is 13.0. The molecule has 1 aliphatic carbocycles. The Balaban J connectivity index is 1.53. The molecule has 5 rings (SSSR count). The molecule has 2 N–H and O–H groups in total. The Bertz CT molecular complexity index is 1440. The summed E-state index contributed by atoms with van der Waals surface area (Å²) >= 11 is 0. The molecule has 0 radical (unpaired) electrons. The summed E-state index contributed by atoms with van der Waals surface area (Å²) < 4.78 is 33.7. The Kier molecular flexibility index (Phi) is 6.45. The third-order valence-electron chi connectivity index (χ3n) is 6.15. The number of aromatic nitrogens is 4. The minimum absolute atomic E-state index is 0.133. The number of nitrogens with one attached hydrogen (secondary N) is 2. The molecule has 0 aliphatic heterocycles. The van der Waals surface area contributed by atoms with Gasteiger partial charge in [0.25, 0.3) is 10.0 Å². The van der Waals surface area contributed by atoms with Crippen LogP contribution in [0.4, 0.5) is 11.6 Å². The van der Waals surface area contributed by atoms with Gasteiger partial charge in [0, 0.05) is 35.5 Å². The topological polar surface area (TPSA) is 119 Å². The molecule has 180 valence electrons. The van der Waals surface area contributed by atoms with Crippen LogP contribution in [0.15, 0.2) is 66.1 Å². The molecule has 1 aliphatic rings. The van der Waals surface area contributed by atoms with Crippen LogP contribution in [0.3, 0.4) is 0 Å². The smallest absolute Gasteiger partial charge is 0.263 e. The molecule has 4 aromatic rings. The molecule has 1 aromatic carbocycles. The highest BCUT2D eigenvalue weighted by molar-refractivity contribution is 7.92. The molecule has 0 atom stereocenters. The quantitative estimate of drug-likeness (QED) is 0.385. The largest absolute Gasteiger partial charge is 0.481 e. The summed E-state index contributed by atoms with van der Waals surface area (Å²) in [5.41, 5.74) is 1.57. The van der Waals surface area contributed by atoms with E-state index in [2.05, 4.69) is 30.0 Å². The number of sulfonamides is 1. The number of hydrogen-bond acceptors (Lipinski definition) is 8. The van der Waals surface area contributed by atoms with E-state index in [1.54, 1.807) is 37.6 Å². The molecule has 0 bridgehead atoms. The van der Waals surface area contributed by atoms with Crippen LogP contribution >= 0.6 is 0 Å². The number of benzene rings is 1. The van der Waals surface area contributed by atoms with E-state index in [0.29, 0.717) is 11.9 Å². The van der Waals surface area contributed by atoms with E-state index in [0.717, 1.165) is 40.7 Å². The Hall–Kier alpha value is -3.79. The average molecular weight is 491 g/mol. The van der Waals surface area contributed by atoms with Crippen LogP contribution in [-0.2, 0) is 10.0 Å². The minimum atomic E-state index is -3.82. The van der Waals surface area contributed by atoms with Gasteiger partial charge >= 0.3 is 0 Å². The van der Waals surface area contributed by atoms with Gasteiger partial charge in [0.1, 0.15) is 18.0 Å². The third-order valence-corrected chi connectivity index (χ3v) is 7.50. The zero-order valence-electron chi connectivity index (χ0n) is 19.3. The summed E-state index contributed by atoms with van der Waals surface area (Å²) in [6.45, 7) is 0. The number of pyridine rings is 2. The van der Waals surface area contributed by atoms with E-state index in [-0.39, 0.29) is 10.7 Å². The fraction of sp³-hybridized carbons (Fsp3) is 0.280. The fourth-order valence-corrected chi connectivity index (χ4v) is 5.42. The van der Waals surface area contributed by atoms with E-state index < -0.39 is 10.0 Å². The first-order chi connectivity index (χ1) is 17.0. The Morgan fingerprint density at radius 3 is 2.60 bits per heavy atom. The second-order valence-electron chi connectivity index (χ2n) is 8.47. The minimum Gasteiger partial charge on any atom is -0.481 e. The lowest BCUT2D eigenvalue weighted by atomic mass is 9.95. The van der Waals surface area contributed by atoms with Gasteiger partial charge in [0.2, 0.25) is 5.88 Å². The van der Waals surface area contributed by atoms with Crippen molar-refractivity contribution in [3.8, 4) is 17.1 Å². The fourth-order valence-electron chi connectivity index (χ4n) is 4.38. The van der Waals surface area contributed by atoms with Gasteiger partial charge in [0.05, 0.1) is 17.7 Å². The Morgan fingerprint density at radius 1 is 0.971 bits per heavy atom. The van der Waals surface area contributed by atoms with Gasteiger partial charge in [0.15, 0.2) is 0 Å². The van der Waals surface area contributed by atoms with Crippen LogP contribution in [0.1, 0.15) is 32.1 Å². The molecule has 3 aromatic heterocycles. The Labute approximate surface area is 204 Å². The van der Waals surface area contributed by atoms with Crippen molar-refractivity contribution in [2.75, 3.05) is 17.1 Å². The molecule has 0 saturated heterocycles. The average Bonchev–Trinajstić information content (AvgIpc) is 2.89. The third kappa shape index (κ3) is 5.02. The molecule has 0 spiro atoms. The van der Waals surface area contributed by atoms with Gasteiger partial charge in [-0.05, 0) is 48.6 Å². The standard InChI is InChI=1S/C25H26N6O3S/c1-34-23-10-9-21(25(30-23)29-18-5-3-2-4-6-18)24-20-8-7-19(15-17(20)11-14-27-24)35(32,33)31-22-12-13-26-16-28-22/h7-16,18H,2-6H2,1H3,(H,29,30)(H,26,28,31). The number of ether oxygens (including phenoxy) is 1. The van der Waals surface area contributed by atoms with Crippen molar-refractivity contribution < 1.29 is 13.2 Å². The summed E-state index contributed by atoms with van der Waals surface area (Å²) in [4.78, 5) is 17.2. The maximum atomic E-state index is 12.9. The molecule has 1 fully saturated rings. The number of rotatable bonds is 7. The predicted molar refractivity (Wildman–Crippen MR) is 135 cm³/mol. The SMILES string of the molecule is COc1ccc(-c2nccc3cc(S(=O)(=O)Nc4ccncn4)ccc23)c(NC2CCCCC2)n1. The van der Waals surface area contributed by atoms with Gasteiger partial charge in [-0.15, -0.1) is 0 Å². The van der Waals surface area contributed by atoms with Crippen molar-refractivity contribution in [1.82, 2.24) is 19.9 Å². The summed E-state index contributed by atoms with van der Waals surface area (Å²) in [6, 6.07) is 12.4. The second kappa shape index (κ2) is 9.83. The van der Waals surface area contributed by atoms with Crippen molar-refractivity contribution in [3.05, 3.63) is 61.2 Å². The number of anilines is 2. The summed E-state index contributed by atoms with van der Waals surface area (Å²) in [5, 5.41) is 5.18. The van der Waals surface area contributed by atoms with E-state index in [9.17, 15) is 8.42 Å². The number of methoxy groups -OCH3 is 1. The lowest BCUT2D eigenvalue weighted by Crippen LogP contribution is -2.23. The van der Waals surface area contributed by atoms with Crippen molar-refractivity contribution >= 4 is 32.4 Å². The van der Waals surface area contributed by atoms with Crippen molar-refractivity contribution in [2.24, 2.45) is 0 Å². The Morgan fingerprint density at radius 2 is 1.83 bits per heavy atom. The van der Waals surface area contributed by atoms with Crippen LogP contribution in [0.25, 0.3) is 22.0 Å². The molecule has 9 nitrogen and oxygen atoms in total. The molecule has 0 unspecified atom stereocenters. The van der Waals surface area contributed by atoms with Gasteiger partial charge in [-0.25, -0.2) is 18.4 Å². The van der Waals surface area contributed by atoms with E-state index in [1.165, 1.54) is 37.9 Å². The van der Waals surface area contributed by atoms with Gasteiger partial charge in [-0.2, -0.15) is 4.98 Å². The summed E-state index contributed by atoms with van der Waals surface area (Å²) in [5.74, 6) is 1.45. The van der Waals surface area contributed by atoms with Crippen LogP contribution in [0.5, 0.6) is 5.88 Å². The summed E-state index contributed by atoms with van der Waals surface area (Å²) in [7, 11) is -2.22. The first-order valence-electron chi connectivity index (χ1n) is 11.5. The first kappa shape index (κ1) is 23.0.